The predicted molar refractivity (Wildman–Crippen MR) is 225 cm³/mol. The lowest BCUT2D eigenvalue weighted by molar-refractivity contribution is 0.661. The molecule has 0 bridgehead atoms. The van der Waals surface area contributed by atoms with Crippen molar-refractivity contribution in [2.24, 2.45) is 0 Å². The van der Waals surface area contributed by atoms with Gasteiger partial charge in [-0.2, -0.15) is 0 Å². The molecule has 1 aliphatic carbocycles. The zero-order valence-electron chi connectivity index (χ0n) is 30.9. The second-order valence-corrected chi connectivity index (χ2v) is 20.8. The van der Waals surface area contributed by atoms with Crippen LogP contribution in [0.3, 0.4) is 0 Å². The van der Waals surface area contributed by atoms with Gasteiger partial charge >= 0.3 is 0 Å². The number of hydrogen-bond donors (Lipinski definition) is 0. The average molecular weight is 700 g/mol. The van der Waals surface area contributed by atoms with E-state index in [4.69, 9.17) is 15.0 Å². The van der Waals surface area contributed by atoms with Gasteiger partial charge in [0.05, 0.1) is 8.07 Å². The Bertz CT molecular complexity index is 2670. The fraction of sp³-hybridized carbons (Fsp3) is 0.122. The Kier molecular flexibility index (Phi) is 7.83. The quantitative estimate of drug-likeness (QED) is 0.162. The summed E-state index contributed by atoms with van der Waals surface area (Å²) in [6.45, 7) is 11.9. The van der Waals surface area contributed by atoms with Gasteiger partial charge in [0.2, 0.25) is 0 Å². The summed E-state index contributed by atoms with van der Waals surface area (Å²) in [7, 11) is -1.35. The zero-order chi connectivity index (χ0) is 36.3. The summed E-state index contributed by atoms with van der Waals surface area (Å²) in [6.07, 6.45) is 0. The molecule has 0 amide bonds. The van der Waals surface area contributed by atoms with Crippen LogP contribution in [0.15, 0.2) is 158 Å². The molecular weight excluding hydrogens is 659 g/mol. The van der Waals surface area contributed by atoms with E-state index in [1.807, 2.05) is 18.2 Å². The first-order valence-corrected chi connectivity index (χ1v) is 21.9. The molecule has 0 spiro atoms. The van der Waals surface area contributed by atoms with Crippen molar-refractivity contribution >= 4 is 24.0 Å². The van der Waals surface area contributed by atoms with Gasteiger partial charge in [0.25, 0.3) is 0 Å². The molecule has 7 aromatic carbocycles. The molecule has 4 heteroatoms. The van der Waals surface area contributed by atoms with Gasteiger partial charge in [0.15, 0.2) is 17.5 Å². The van der Waals surface area contributed by atoms with E-state index in [9.17, 15) is 0 Å². The number of aromatic nitrogens is 3. The maximum atomic E-state index is 5.12. The van der Waals surface area contributed by atoms with Crippen molar-refractivity contribution in [1.82, 2.24) is 15.0 Å². The summed E-state index contributed by atoms with van der Waals surface area (Å²) in [5.41, 5.74) is 13.0. The van der Waals surface area contributed by atoms with Crippen molar-refractivity contribution in [3.63, 3.8) is 0 Å². The molecule has 1 aliphatic rings. The largest absolute Gasteiger partial charge is 0.208 e. The number of nitrogens with zero attached hydrogens (tertiary/aromatic N) is 3. The molecule has 0 saturated carbocycles. The highest BCUT2D eigenvalue weighted by atomic mass is 28.3. The van der Waals surface area contributed by atoms with Crippen molar-refractivity contribution in [1.29, 1.82) is 0 Å². The standard InChI is InChI=1S/C49H41N3Si/c1-49(2)44-30-36(32-21-25-39(26-22-32)53(3,4)5)23-27-41(44)42-28-24-37(31-45(42)49)35-17-11-18-38(29-35)47-50-46(34-14-7-6-8-15-34)51-48(52-47)43-20-12-16-33-13-9-10-19-40(33)43/h6-31H,1-5H3. The van der Waals surface area contributed by atoms with Crippen LogP contribution in [0.4, 0.5) is 0 Å². The van der Waals surface area contributed by atoms with Crippen molar-refractivity contribution in [3.8, 4) is 67.5 Å². The Balaban J connectivity index is 1.10. The van der Waals surface area contributed by atoms with Gasteiger partial charge in [0.1, 0.15) is 0 Å². The summed E-state index contributed by atoms with van der Waals surface area (Å²) >= 11 is 0. The van der Waals surface area contributed by atoms with E-state index in [0.717, 1.165) is 33.0 Å². The molecule has 1 aromatic heterocycles. The molecule has 0 radical (unpaired) electrons. The van der Waals surface area contributed by atoms with E-state index in [-0.39, 0.29) is 5.41 Å². The van der Waals surface area contributed by atoms with E-state index in [1.54, 1.807) is 0 Å². The maximum absolute atomic E-state index is 5.12. The van der Waals surface area contributed by atoms with Crippen LogP contribution < -0.4 is 5.19 Å². The molecule has 8 aromatic rings. The van der Waals surface area contributed by atoms with Crippen LogP contribution in [-0.2, 0) is 5.41 Å². The Morgan fingerprint density at radius 2 is 0.906 bits per heavy atom. The van der Waals surface area contributed by atoms with Gasteiger partial charge < -0.3 is 0 Å². The van der Waals surface area contributed by atoms with Crippen molar-refractivity contribution in [2.45, 2.75) is 38.9 Å². The number of benzene rings is 7. The first-order chi connectivity index (χ1) is 25.6. The normalized spacial score (nSPS) is 13.2. The lowest BCUT2D eigenvalue weighted by Crippen LogP contribution is -2.37. The lowest BCUT2D eigenvalue weighted by Gasteiger charge is -2.23. The molecule has 53 heavy (non-hydrogen) atoms. The second kappa shape index (κ2) is 12.6. The Labute approximate surface area is 313 Å². The van der Waals surface area contributed by atoms with E-state index in [2.05, 4.69) is 173 Å². The van der Waals surface area contributed by atoms with Crippen molar-refractivity contribution < 1.29 is 0 Å². The molecule has 0 atom stereocenters. The third-order valence-corrected chi connectivity index (χ3v) is 13.0. The Hall–Kier alpha value is -5.97. The highest BCUT2D eigenvalue weighted by molar-refractivity contribution is 6.88. The number of hydrogen-bond acceptors (Lipinski definition) is 3. The first kappa shape index (κ1) is 32.9. The molecule has 256 valence electrons. The molecule has 3 nitrogen and oxygen atoms in total. The fourth-order valence-corrected chi connectivity index (χ4v) is 9.03. The van der Waals surface area contributed by atoms with Crippen molar-refractivity contribution in [3.05, 3.63) is 169 Å². The molecule has 1 heterocycles. The summed E-state index contributed by atoms with van der Waals surface area (Å²) in [4.78, 5) is 15.2. The number of fused-ring (bicyclic) bond motifs is 4. The fourth-order valence-electron chi connectivity index (χ4n) is 7.86. The smallest absolute Gasteiger partial charge is 0.164 e. The second-order valence-electron chi connectivity index (χ2n) is 15.8. The molecule has 0 fully saturated rings. The Morgan fingerprint density at radius 3 is 1.60 bits per heavy atom. The van der Waals surface area contributed by atoms with Crippen LogP contribution >= 0.6 is 0 Å². The van der Waals surface area contributed by atoms with Gasteiger partial charge in [-0.05, 0) is 73.5 Å². The van der Waals surface area contributed by atoms with Gasteiger partial charge in [-0.3, -0.25) is 0 Å². The average Bonchev–Trinajstić information content (AvgIpc) is 3.42. The van der Waals surface area contributed by atoms with E-state index < -0.39 is 8.07 Å². The topological polar surface area (TPSA) is 38.7 Å². The molecule has 0 unspecified atom stereocenters. The van der Waals surface area contributed by atoms with Crippen molar-refractivity contribution in [2.75, 3.05) is 0 Å². The minimum absolute atomic E-state index is 0.140. The lowest BCUT2D eigenvalue weighted by atomic mass is 9.81. The van der Waals surface area contributed by atoms with Gasteiger partial charge in [-0.25, -0.2) is 15.0 Å². The first-order valence-electron chi connectivity index (χ1n) is 18.4. The molecular formula is C49H41N3Si. The van der Waals surface area contributed by atoms with Crippen LogP contribution in [0.5, 0.6) is 0 Å². The van der Waals surface area contributed by atoms with Crippen LogP contribution in [0.25, 0.3) is 78.3 Å². The molecule has 9 rings (SSSR count). The van der Waals surface area contributed by atoms with Gasteiger partial charge in [0, 0.05) is 22.1 Å². The Morgan fingerprint density at radius 1 is 0.396 bits per heavy atom. The predicted octanol–water partition coefficient (Wildman–Crippen LogP) is 12.2. The highest BCUT2D eigenvalue weighted by Gasteiger charge is 2.36. The van der Waals surface area contributed by atoms with E-state index >= 15 is 0 Å². The number of rotatable bonds is 6. The summed E-state index contributed by atoms with van der Waals surface area (Å²) in [5.74, 6) is 1.98. The molecule has 0 saturated heterocycles. The molecule has 0 aliphatic heterocycles. The third kappa shape index (κ3) is 5.89. The summed E-state index contributed by atoms with van der Waals surface area (Å²) in [5, 5.41) is 3.77. The van der Waals surface area contributed by atoms with Crippen LogP contribution in [0.2, 0.25) is 19.6 Å². The third-order valence-electron chi connectivity index (χ3n) is 10.9. The SMILES string of the molecule is CC1(C)c2cc(-c3ccc([Si](C)(C)C)cc3)ccc2-c2ccc(-c3cccc(-c4nc(-c5ccccc5)nc(-c5cccc6ccccc56)n4)c3)cc21. The summed E-state index contributed by atoms with van der Waals surface area (Å²) < 4.78 is 0. The van der Waals surface area contributed by atoms with Gasteiger partial charge in [-0.1, -0.05) is 178 Å². The van der Waals surface area contributed by atoms with E-state index in [0.29, 0.717) is 17.5 Å². The zero-order valence-corrected chi connectivity index (χ0v) is 31.9. The summed E-state index contributed by atoms with van der Waals surface area (Å²) in [6, 6.07) is 56.8. The van der Waals surface area contributed by atoms with Crippen LogP contribution in [0.1, 0.15) is 25.0 Å². The minimum Gasteiger partial charge on any atom is -0.208 e. The monoisotopic (exact) mass is 699 g/mol. The van der Waals surface area contributed by atoms with Crippen LogP contribution in [-0.4, -0.2) is 23.0 Å². The highest BCUT2D eigenvalue weighted by Crippen LogP contribution is 2.50. The van der Waals surface area contributed by atoms with E-state index in [1.165, 1.54) is 44.1 Å². The molecule has 0 N–H and O–H groups in total. The van der Waals surface area contributed by atoms with Crippen LogP contribution in [0, 0.1) is 0 Å². The minimum atomic E-state index is -1.35. The maximum Gasteiger partial charge on any atom is 0.164 e. The van der Waals surface area contributed by atoms with Gasteiger partial charge in [-0.15, -0.1) is 0 Å².